The maximum Gasteiger partial charge on any atom is 0.254 e. The van der Waals surface area contributed by atoms with E-state index < -0.39 is 0 Å². The van der Waals surface area contributed by atoms with Crippen molar-refractivity contribution < 1.29 is 4.79 Å². The molecule has 122 valence electrons. The molecule has 1 fully saturated rings. The molecule has 0 bridgehead atoms. The number of hydrogen-bond acceptors (Lipinski definition) is 3. The average Bonchev–Trinajstić information content (AvgIpc) is 3.18. The third kappa shape index (κ3) is 3.57. The van der Waals surface area contributed by atoms with Crippen molar-refractivity contribution in [2.45, 2.75) is 19.8 Å². The Balaban J connectivity index is 1.66. The van der Waals surface area contributed by atoms with Crippen LogP contribution in [0.2, 0.25) is 5.02 Å². The molecular formula is C17H21ClN4O. The van der Waals surface area contributed by atoms with Gasteiger partial charge in [0.25, 0.3) is 5.91 Å². The number of hydrogen-bond donors (Lipinski definition) is 2. The first kappa shape index (κ1) is 16.0. The number of rotatable bonds is 5. The lowest BCUT2D eigenvalue weighted by Gasteiger charge is -2.10. The average molecular weight is 333 g/mol. The molecule has 5 nitrogen and oxygen atoms in total. The SMILES string of the molecule is Cc1c(C(=O)NCCC2CCNC2)cnn1-c1ccccc1Cl. The number of nitrogens with one attached hydrogen (secondary N) is 2. The van der Waals surface area contributed by atoms with Crippen molar-refractivity contribution >= 4 is 17.5 Å². The van der Waals surface area contributed by atoms with E-state index in [0.717, 1.165) is 30.9 Å². The Labute approximate surface area is 141 Å². The van der Waals surface area contributed by atoms with Gasteiger partial charge in [-0.15, -0.1) is 0 Å². The number of nitrogens with zero attached hydrogens (tertiary/aromatic N) is 2. The monoisotopic (exact) mass is 332 g/mol. The third-order valence-electron chi connectivity index (χ3n) is 4.34. The van der Waals surface area contributed by atoms with Crippen LogP contribution in [0.15, 0.2) is 30.5 Å². The van der Waals surface area contributed by atoms with E-state index in [0.29, 0.717) is 23.0 Å². The molecule has 2 heterocycles. The summed E-state index contributed by atoms with van der Waals surface area (Å²) in [5.74, 6) is 0.592. The molecule has 1 saturated heterocycles. The normalized spacial score (nSPS) is 17.4. The van der Waals surface area contributed by atoms with Crippen molar-refractivity contribution in [2.24, 2.45) is 5.92 Å². The molecule has 1 aromatic carbocycles. The molecule has 0 saturated carbocycles. The Morgan fingerprint density at radius 1 is 1.48 bits per heavy atom. The molecule has 23 heavy (non-hydrogen) atoms. The van der Waals surface area contributed by atoms with Crippen LogP contribution in [0.25, 0.3) is 5.69 Å². The molecule has 1 amide bonds. The summed E-state index contributed by atoms with van der Waals surface area (Å²) in [7, 11) is 0. The van der Waals surface area contributed by atoms with Crippen LogP contribution in [0.5, 0.6) is 0 Å². The molecule has 3 rings (SSSR count). The highest BCUT2D eigenvalue weighted by molar-refractivity contribution is 6.32. The summed E-state index contributed by atoms with van der Waals surface area (Å²) in [5.41, 5.74) is 2.16. The number of halogens is 1. The molecule has 1 aliphatic heterocycles. The summed E-state index contributed by atoms with van der Waals surface area (Å²) >= 11 is 6.21. The van der Waals surface area contributed by atoms with Crippen LogP contribution >= 0.6 is 11.6 Å². The Morgan fingerprint density at radius 2 is 2.30 bits per heavy atom. The molecule has 2 N–H and O–H groups in total. The summed E-state index contributed by atoms with van der Waals surface area (Å²) in [6.45, 7) is 4.72. The highest BCUT2D eigenvalue weighted by Crippen LogP contribution is 2.22. The number of carbonyl (C=O) groups is 1. The number of aromatic nitrogens is 2. The first-order valence-electron chi connectivity index (χ1n) is 7.95. The van der Waals surface area contributed by atoms with Gasteiger partial charge in [0.05, 0.1) is 28.2 Å². The van der Waals surface area contributed by atoms with E-state index in [4.69, 9.17) is 11.6 Å². The molecule has 1 aliphatic rings. The molecule has 6 heteroatoms. The maximum absolute atomic E-state index is 12.4. The van der Waals surface area contributed by atoms with E-state index in [1.54, 1.807) is 10.9 Å². The number of carbonyl (C=O) groups excluding carboxylic acids is 1. The minimum Gasteiger partial charge on any atom is -0.352 e. The minimum absolute atomic E-state index is 0.0771. The summed E-state index contributed by atoms with van der Waals surface area (Å²) in [6, 6.07) is 7.47. The van der Waals surface area contributed by atoms with Crippen LogP contribution in [-0.2, 0) is 0 Å². The standard InChI is InChI=1S/C17H21ClN4O/c1-12-14(17(23)20-9-7-13-6-8-19-10-13)11-21-22(12)16-5-3-2-4-15(16)18/h2-5,11,13,19H,6-10H2,1H3,(H,20,23). The lowest BCUT2D eigenvalue weighted by atomic mass is 10.1. The summed E-state index contributed by atoms with van der Waals surface area (Å²) in [5, 5.41) is 11.3. The highest BCUT2D eigenvalue weighted by atomic mass is 35.5. The van der Waals surface area contributed by atoms with Crippen LogP contribution in [-0.4, -0.2) is 35.3 Å². The van der Waals surface area contributed by atoms with Gasteiger partial charge in [0.15, 0.2) is 0 Å². The minimum atomic E-state index is -0.0771. The summed E-state index contributed by atoms with van der Waals surface area (Å²) < 4.78 is 1.71. The Hall–Kier alpha value is -1.85. The van der Waals surface area contributed by atoms with Crippen molar-refractivity contribution in [3.05, 3.63) is 46.7 Å². The predicted molar refractivity (Wildman–Crippen MR) is 91.2 cm³/mol. The Morgan fingerprint density at radius 3 is 3.04 bits per heavy atom. The number of amides is 1. The van der Waals surface area contributed by atoms with Gasteiger partial charge in [-0.05, 0) is 50.9 Å². The third-order valence-corrected chi connectivity index (χ3v) is 4.66. The van der Waals surface area contributed by atoms with Crippen molar-refractivity contribution in [2.75, 3.05) is 19.6 Å². The Bertz CT molecular complexity index is 692. The van der Waals surface area contributed by atoms with Crippen molar-refractivity contribution in [1.82, 2.24) is 20.4 Å². The van der Waals surface area contributed by atoms with E-state index in [1.807, 2.05) is 31.2 Å². The van der Waals surface area contributed by atoms with E-state index >= 15 is 0 Å². The highest BCUT2D eigenvalue weighted by Gasteiger charge is 2.18. The van der Waals surface area contributed by atoms with E-state index in [-0.39, 0.29) is 5.91 Å². The topological polar surface area (TPSA) is 59.0 Å². The molecular weight excluding hydrogens is 312 g/mol. The van der Waals surface area contributed by atoms with Crippen molar-refractivity contribution in [1.29, 1.82) is 0 Å². The van der Waals surface area contributed by atoms with E-state index in [1.165, 1.54) is 6.42 Å². The lowest BCUT2D eigenvalue weighted by Crippen LogP contribution is -2.26. The van der Waals surface area contributed by atoms with Gasteiger partial charge in [-0.1, -0.05) is 23.7 Å². The van der Waals surface area contributed by atoms with Gasteiger partial charge in [0, 0.05) is 6.54 Å². The Kier molecular flexibility index (Phi) is 4.98. The van der Waals surface area contributed by atoms with Gasteiger partial charge in [-0.2, -0.15) is 5.10 Å². The first-order chi connectivity index (χ1) is 11.2. The molecule has 0 radical (unpaired) electrons. The molecule has 1 aromatic heterocycles. The van der Waals surface area contributed by atoms with Crippen LogP contribution in [0.1, 0.15) is 28.9 Å². The van der Waals surface area contributed by atoms with E-state index in [2.05, 4.69) is 15.7 Å². The van der Waals surface area contributed by atoms with E-state index in [9.17, 15) is 4.79 Å². The predicted octanol–water partition coefficient (Wildman–Crippen LogP) is 2.56. The van der Waals surface area contributed by atoms with Crippen LogP contribution < -0.4 is 10.6 Å². The largest absolute Gasteiger partial charge is 0.352 e. The lowest BCUT2D eigenvalue weighted by molar-refractivity contribution is 0.0951. The molecule has 0 spiro atoms. The quantitative estimate of drug-likeness (QED) is 0.884. The van der Waals surface area contributed by atoms with Crippen molar-refractivity contribution in [3.8, 4) is 5.69 Å². The van der Waals surface area contributed by atoms with Gasteiger partial charge in [0.2, 0.25) is 0 Å². The second-order valence-corrected chi connectivity index (χ2v) is 6.32. The zero-order valence-electron chi connectivity index (χ0n) is 13.2. The fourth-order valence-electron chi connectivity index (χ4n) is 2.94. The molecule has 0 aliphatic carbocycles. The molecule has 1 atom stereocenters. The fourth-order valence-corrected chi connectivity index (χ4v) is 3.16. The van der Waals surface area contributed by atoms with Gasteiger partial charge >= 0.3 is 0 Å². The van der Waals surface area contributed by atoms with Crippen molar-refractivity contribution in [3.63, 3.8) is 0 Å². The number of benzene rings is 1. The van der Waals surface area contributed by atoms with Crippen LogP contribution in [0.4, 0.5) is 0 Å². The van der Waals surface area contributed by atoms with Crippen LogP contribution in [0.3, 0.4) is 0 Å². The van der Waals surface area contributed by atoms with Gasteiger partial charge in [-0.3, -0.25) is 4.79 Å². The fraction of sp³-hybridized carbons (Fsp3) is 0.412. The first-order valence-corrected chi connectivity index (χ1v) is 8.33. The van der Waals surface area contributed by atoms with Gasteiger partial charge in [0.1, 0.15) is 0 Å². The van der Waals surface area contributed by atoms with Gasteiger partial charge in [-0.25, -0.2) is 4.68 Å². The maximum atomic E-state index is 12.4. The second-order valence-electron chi connectivity index (χ2n) is 5.91. The molecule has 1 unspecified atom stereocenters. The molecule has 2 aromatic rings. The smallest absolute Gasteiger partial charge is 0.254 e. The van der Waals surface area contributed by atoms with Gasteiger partial charge < -0.3 is 10.6 Å². The summed E-state index contributed by atoms with van der Waals surface area (Å²) in [4.78, 5) is 12.4. The summed E-state index contributed by atoms with van der Waals surface area (Å²) in [6.07, 6.45) is 3.81. The number of para-hydroxylation sites is 1. The second kappa shape index (κ2) is 7.15. The zero-order valence-corrected chi connectivity index (χ0v) is 13.9. The zero-order chi connectivity index (χ0) is 16.2. The van der Waals surface area contributed by atoms with Crippen LogP contribution in [0, 0.1) is 12.8 Å².